The third kappa shape index (κ3) is 2.28. The number of carbonyl (C=O) groups is 1. The Bertz CT molecular complexity index is 891. The summed E-state index contributed by atoms with van der Waals surface area (Å²) >= 11 is 0. The Balaban J connectivity index is 1.67. The van der Waals surface area contributed by atoms with Gasteiger partial charge >= 0.3 is 5.97 Å². The SMILES string of the molecule is CO[C@@]12CC[C@H](N[C@H](C(=O)O)[C@@H](C)O)[C@@H]3Oc4c(O)ccc5c4[C@@]31CCN(C)[C@@H]2C5. The van der Waals surface area contributed by atoms with Crippen molar-refractivity contribution < 1.29 is 29.6 Å². The summed E-state index contributed by atoms with van der Waals surface area (Å²) < 4.78 is 12.8. The predicted molar refractivity (Wildman–Crippen MR) is 108 cm³/mol. The molecule has 4 N–H and O–H groups in total. The third-order valence-electron chi connectivity index (χ3n) is 8.20. The van der Waals surface area contributed by atoms with E-state index in [1.54, 1.807) is 13.2 Å². The molecule has 164 valence electrons. The van der Waals surface area contributed by atoms with Gasteiger partial charge in [0.15, 0.2) is 11.5 Å². The molecule has 4 aliphatic rings. The lowest BCUT2D eigenvalue weighted by molar-refractivity contribution is -0.204. The number of carboxylic acid groups (broad SMARTS) is 1. The number of likely N-dealkylation sites (tertiary alicyclic amines) is 1. The molecule has 0 unspecified atom stereocenters. The van der Waals surface area contributed by atoms with Gasteiger partial charge < -0.3 is 29.7 Å². The highest BCUT2D eigenvalue weighted by molar-refractivity contribution is 5.74. The zero-order valence-corrected chi connectivity index (χ0v) is 17.6. The number of aliphatic hydroxyl groups excluding tert-OH is 1. The van der Waals surface area contributed by atoms with Crippen molar-refractivity contribution in [3.8, 4) is 11.5 Å². The van der Waals surface area contributed by atoms with Crippen LogP contribution in [0.2, 0.25) is 0 Å². The number of ether oxygens (including phenoxy) is 2. The van der Waals surface area contributed by atoms with Gasteiger partial charge in [-0.1, -0.05) is 6.07 Å². The summed E-state index contributed by atoms with van der Waals surface area (Å²) in [6, 6.07) is 2.48. The number of aromatic hydroxyl groups is 1. The number of nitrogens with zero attached hydrogens (tertiary/aromatic N) is 1. The van der Waals surface area contributed by atoms with Crippen molar-refractivity contribution in [3.63, 3.8) is 0 Å². The topological polar surface area (TPSA) is 111 Å². The largest absolute Gasteiger partial charge is 0.504 e. The van der Waals surface area contributed by atoms with E-state index in [0.717, 1.165) is 31.4 Å². The van der Waals surface area contributed by atoms with Crippen molar-refractivity contribution in [3.05, 3.63) is 23.3 Å². The minimum absolute atomic E-state index is 0.115. The first kappa shape index (κ1) is 20.1. The van der Waals surface area contributed by atoms with E-state index < -0.39 is 29.1 Å². The van der Waals surface area contributed by atoms with E-state index >= 15 is 0 Å². The summed E-state index contributed by atoms with van der Waals surface area (Å²) in [6.45, 7) is 2.35. The van der Waals surface area contributed by atoms with Crippen LogP contribution < -0.4 is 10.1 Å². The molecule has 30 heavy (non-hydrogen) atoms. The second kappa shape index (κ2) is 6.56. The Morgan fingerprint density at radius 1 is 1.40 bits per heavy atom. The lowest BCUT2D eigenvalue weighted by Gasteiger charge is -2.65. The fourth-order valence-electron chi connectivity index (χ4n) is 6.96. The van der Waals surface area contributed by atoms with E-state index in [4.69, 9.17) is 9.47 Å². The van der Waals surface area contributed by atoms with Gasteiger partial charge in [-0.15, -0.1) is 0 Å². The molecule has 2 aliphatic heterocycles. The molecular weight excluding hydrogens is 388 g/mol. The minimum atomic E-state index is -1.09. The number of piperidine rings is 1. The van der Waals surface area contributed by atoms with Crippen LogP contribution >= 0.6 is 0 Å². The van der Waals surface area contributed by atoms with Crippen LogP contribution in [0, 0.1) is 0 Å². The Kier molecular flexibility index (Phi) is 4.39. The van der Waals surface area contributed by atoms with Gasteiger partial charge in [0, 0.05) is 24.8 Å². The Morgan fingerprint density at radius 3 is 2.83 bits per heavy atom. The molecule has 0 aromatic heterocycles. The minimum Gasteiger partial charge on any atom is -0.504 e. The summed E-state index contributed by atoms with van der Waals surface area (Å²) in [4.78, 5) is 14.1. The van der Waals surface area contributed by atoms with Gasteiger partial charge in [-0.2, -0.15) is 0 Å². The number of carboxylic acids is 1. The van der Waals surface area contributed by atoms with Gasteiger partial charge in [0.2, 0.25) is 0 Å². The van der Waals surface area contributed by atoms with Gasteiger partial charge in [0.1, 0.15) is 12.1 Å². The standard InChI is InChI=1S/C22H30N2O6/c1-11(25)17(20(27)28)23-13-6-7-22(29-3)15-10-12-4-5-14(26)18-16(12)21(22,19(13)30-18)8-9-24(15)2/h4-5,11,13,15,17,19,23,25-26H,6-10H2,1-3H3,(H,27,28)/t11-,13+,15-,17+,19+,21+,22-/m1/s1. The number of hydrogen-bond donors (Lipinski definition) is 4. The maximum absolute atomic E-state index is 11.7. The van der Waals surface area contributed by atoms with Crippen LogP contribution in [0.4, 0.5) is 0 Å². The van der Waals surface area contributed by atoms with E-state index in [2.05, 4.69) is 17.3 Å². The van der Waals surface area contributed by atoms with Gasteiger partial charge in [-0.3, -0.25) is 10.1 Å². The summed E-state index contributed by atoms with van der Waals surface area (Å²) in [7, 11) is 3.90. The molecule has 2 aliphatic carbocycles. The highest BCUT2D eigenvalue weighted by atomic mass is 16.5. The molecule has 8 nitrogen and oxygen atoms in total. The predicted octanol–water partition coefficient (Wildman–Crippen LogP) is 0.622. The summed E-state index contributed by atoms with van der Waals surface area (Å²) in [5.74, 6) is -0.460. The molecule has 1 saturated carbocycles. The Labute approximate surface area is 175 Å². The average molecular weight is 418 g/mol. The normalized spacial score (nSPS) is 38.5. The average Bonchev–Trinajstić information content (AvgIpc) is 3.06. The van der Waals surface area contributed by atoms with Crippen LogP contribution in [-0.2, 0) is 21.4 Å². The lowest BCUT2D eigenvalue weighted by Crippen LogP contribution is -2.78. The number of benzene rings is 1. The van der Waals surface area contributed by atoms with Crippen LogP contribution in [0.5, 0.6) is 11.5 Å². The molecule has 2 heterocycles. The van der Waals surface area contributed by atoms with Crippen molar-refractivity contribution >= 4 is 5.97 Å². The molecule has 1 aromatic rings. The number of methoxy groups -OCH3 is 1. The van der Waals surface area contributed by atoms with Crippen LogP contribution in [0.25, 0.3) is 0 Å². The Hall–Kier alpha value is -1.87. The van der Waals surface area contributed by atoms with Crippen LogP contribution in [0.3, 0.4) is 0 Å². The number of phenols is 1. The zero-order valence-electron chi connectivity index (χ0n) is 17.6. The molecular formula is C22H30N2O6. The van der Waals surface area contributed by atoms with Crippen molar-refractivity contribution in [2.45, 2.75) is 74.0 Å². The molecule has 1 aromatic carbocycles. The maximum atomic E-state index is 11.7. The van der Waals surface area contributed by atoms with Crippen molar-refractivity contribution in [2.75, 3.05) is 20.7 Å². The third-order valence-corrected chi connectivity index (χ3v) is 8.20. The summed E-state index contributed by atoms with van der Waals surface area (Å²) in [5.41, 5.74) is 1.26. The van der Waals surface area contributed by atoms with E-state index in [-0.39, 0.29) is 23.9 Å². The van der Waals surface area contributed by atoms with Crippen LogP contribution in [-0.4, -0.2) is 82.8 Å². The van der Waals surface area contributed by atoms with Crippen LogP contribution in [0.1, 0.15) is 37.3 Å². The molecule has 7 atom stereocenters. The molecule has 5 rings (SSSR count). The Morgan fingerprint density at radius 2 is 2.17 bits per heavy atom. The highest BCUT2D eigenvalue weighted by Gasteiger charge is 2.73. The molecule has 1 spiro atoms. The fourth-order valence-corrected chi connectivity index (χ4v) is 6.96. The fraction of sp³-hybridized carbons (Fsp3) is 0.682. The second-order valence-electron chi connectivity index (χ2n) is 9.37. The van der Waals surface area contributed by atoms with Crippen molar-refractivity contribution in [2.24, 2.45) is 0 Å². The van der Waals surface area contributed by atoms with E-state index in [1.165, 1.54) is 12.5 Å². The molecule has 2 fully saturated rings. The summed E-state index contributed by atoms with van der Waals surface area (Å²) in [6.07, 6.45) is 1.60. The first-order valence-electron chi connectivity index (χ1n) is 10.7. The van der Waals surface area contributed by atoms with Crippen molar-refractivity contribution in [1.82, 2.24) is 10.2 Å². The number of aliphatic carboxylic acids is 1. The first-order valence-corrected chi connectivity index (χ1v) is 10.7. The molecule has 8 heteroatoms. The monoisotopic (exact) mass is 418 g/mol. The number of rotatable bonds is 5. The molecule has 0 radical (unpaired) electrons. The van der Waals surface area contributed by atoms with Crippen LogP contribution in [0.15, 0.2) is 12.1 Å². The maximum Gasteiger partial charge on any atom is 0.323 e. The summed E-state index contributed by atoms with van der Waals surface area (Å²) in [5, 5.41) is 33.4. The van der Waals surface area contributed by atoms with Gasteiger partial charge in [0.25, 0.3) is 0 Å². The highest BCUT2D eigenvalue weighted by Crippen LogP contribution is 2.66. The number of aliphatic hydroxyl groups is 1. The lowest BCUT2D eigenvalue weighted by atomic mass is 9.48. The quantitative estimate of drug-likeness (QED) is 0.551. The molecule has 0 amide bonds. The van der Waals surface area contributed by atoms with E-state index in [0.29, 0.717) is 12.2 Å². The molecule has 2 bridgehead atoms. The van der Waals surface area contributed by atoms with Crippen molar-refractivity contribution in [1.29, 1.82) is 0 Å². The van der Waals surface area contributed by atoms with E-state index in [1.807, 2.05) is 6.07 Å². The van der Waals surface area contributed by atoms with Gasteiger partial charge in [-0.25, -0.2) is 0 Å². The van der Waals surface area contributed by atoms with E-state index in [9.17, 15) is 20.1 Å². The number of likely N-dealkylation sites (N-methyl/N-ethyl adjacent to an activating group) is 1. The smallest absolute Gasteiger partial charge is 0.323 e. The number of phenolic OH excluding ortho intramolecular Hbond substituents is 1. The zero-order chi connectivity index (χ0) is 21.4. The second-order valence-corrected chi connectivity index (χ2v) is 9.37. The molecule has 1 saturated heterocycles. The first-order chi connectivity index (χ1) is 14.3. The van der Waals surface area contributed by atoms with Gasteiger partial charge in [0.05, 0.1) is 17.1 Å². The number of nitrogens with one attached hydrogen (secondary N) is 1. The van der Waals surface area contributed by atoms with Gasteiger partial charge in [-0.05, 0) is 57.8 Å². The number of hydrogen-bond acceptors (Lipinski definition) is 7.